The molecular formula is C16H22F8O4. The SMILES string of the molecule is CCC(C)(C)C(=O)OC1CC(C(O)(F)C(F)(F)F)CC(C(O)(F)C(F)(F)F)C1. The molecule has 0 saturated heterocycles. The Morgan fingerprint density at radius 1 is 0.857 bits per heavy atom. The average Bonchev–Trinajstić information content (AvgIpc) is 2.52. The van der Waals surface area contributed by atoms with E-state index in [-0.39, 0.29) is 6.42 Å². The fraction of sp³-hybridized carbons (Fsp3) is 0.938. The predicted molar refractivity (Wildman–Crippen MR) is 79.0 cm³/mol. The van der Waals surface area contributed by atoms with Crippen LogP contribution in [0.4, 0.5) is 35.1 Å². The lowest BCUT2D eigenvalue weighted by Crippen LogP contribution is -2.56. The van der Waals surface area contributed by atoms with E-state index in [1.807, 2.05) is 0 Å². The summed E-state index contributed by atoms with van der Waals surface area (Å²) in [6, 6.07) is 0. The lowest BCUT2D eigenvalue weighted by atomic mass is 9.73. The Balaban J connectivity index is 3.23. The van der Waals surface area contributed by atoms with Gasteiger partial charge in [0.1, 0.15) is 6.10 Å². The van der Waals surface area contributed by atoms with Crippen LogP contribution in [0.1, 0.15) is 46.5 Å². The second-order valence-corrected chi connectivity index (χ2v) is 7.71. The number of alkyl halides is 8. The summed E-state index contributed by atoms with van der Waals surface area (Å²) >= 11 is 0. The molecule has 1 rings (SSSR count). The highest BCUT2D eigenvalue weighted by Gasteiger charge is 2.66. The van der Waals surface area contributed by atoms with E-state index in [1.165, 1.54) is 13.8 Å². The van der Waals surface area contributed by atoms with Crippen molar-refractivity contribution in [2.75, 3.05) is 0 Å². The molecule has 0 aliphatic heterocycles. The molecule has 2 N–H and O–H groups in total. The maximum Gasteiger partial charge on any atom is 0.448 e. The summed E-state index contributed by atoms with van der Waals surface area (Å²) in [6.07, 6.45) is -16.8. The maximum absolute atomic E-state index is 14.0. The summed E-state index contributed by atoms with van der Waals surface area (Å²) in [4.78, 5) is 12.1. The Morgan fingerprint density at radius 3 is 1.50 bits per heavy atom. The molecule has 1 aliphatic rings. The molecule has 12 heteroatoms. The van der Waals surface area contributed by atoms with E-state index < -0.39 is 72.6 Å². The smallest absolute Gasteiger partial charge is 0.448 e. The van der Waals surface area contributed by atoms with Crippen molar-refractivity contribution >= 4 is 5.97 Å². The highest BCUT2D eigenvalue weighted by Crippen LogP contribution is 2.51. The molecule has 1 saturated carbocycles. The zero-order valence-electron chi connectivity index (χ0n) is 15.3. The van der Waals surface area contributed by atoms with E-state index in [0.717, 1.165) is 0 Å². The molecule has 0 amide bonds. The van der Waals surface area contributed by atoms with Crippen LogP contribution in [0.15, 0.2) is 0 Å². The fourth-order valence-electron chi connectivity index (χ4n) is 2.91. The van der Waals surface area contributed by atoms with Gasteiger partial charge in [0.15, 0.2) is 0 Å². The highest BCUT2D eigenvalue weighted by molar-refractivity contribution is 5.76. The monoisotopic (exact) mass is 430 g/mol. The van der Waals surface area contributed by atoms with Crippen molar-refractivity contribution in [1.82, 2.24) is 0 Å². The normalized spacial score (nSPS) is 29.0. The number of aliphatic hydroxyl groups is 2. The molecule has 0 spiro atoms. The number of hydrogen-bond acceptors (Lipinski definition) is 4. The van der Waals surface area contributed by atoms with Crippen LogP contribution in [0.5, 0.6) is 0 Å². The first-order valence-electron chi connectivity index (χ1n) is 8.44. The summed E-state index contributed by atoms with van der Waals surface area (Å²) in [6.45, 7) is 4.37. The molecule has 4 atom stereocenters. The molecule has 0 heterocycles. The van der Waals surface area contributed by atoms with Crippen LogP contribution in [-0.4, -0.2) is 46.3 Å². The van der Waals surface area contributed by atoms with Crippen molar-refractivity contribution in [3.63, 3.8) is 0 Å². The first-order chi connectivity index (χ1) is 12.3. The minimum Gasteiger partial charge on any atom is -0.462 e. The van der Waals surface area contributed by atoms with Crippen molar-refractivity contribution in [3.05, 3.63) is 0 Å². The summed E-state index contributed by atoms with van der Waals surface area (Å²) in [5.41, 5.74) is -1.16. The zero-order chi connectivity index (χ0) is 22.3. The number of carbonyl (C=O) groups is 1. The number of esters is 1. The van der Waals surface area contributed by atoms with E-state index in [2.05, 4.69) is 0 Å². The second-order valence-electron chi connectivity index (χ2n) is 7.71. The van der Waals surface area contributed by atoms with Crippen LogP contribution in [-0.2, 0) is 9.53 Å². The molecule has 0 bridgehead atoms. The Labute approximate surface area is 155 Å². The van der Waals surface area contributed by atoms with Gasteiger partial charge in [0.2, 0.25) is 0 Å². The molecule has 0 radical (unpaired) electrons. The van der Waals surface area contributed by atoms with Crippen LogP contribution in [0.2, 0.25) is 0 Å². The van der Waals surface area contributed by atoms with Crippen molar-refractivity contribution in [3.8, 4) is 0 Å². The average molecular weight is 430 g/mol. The van der Waals surface area contributed by atoms with Gasteiger partial charge in [-0.2, -0.15) is 26.3 Å². The predicted octanol–water partition coefficient (Wildman–Crippen LogP) is 4.19. The molecule has 4 nitrogen and oxygen atoms in total. The Kier molecular flexibility index (Phi) is 6.73. The molecule has 1 aliphatic carbocycles. The third-order valence-electron chi connectivity index (χ3n) is 5.25. The quantitative estimate of drug-likeness (QED) is 0.507. The molecule has 0 aromatic heterocycles. The maximum atomic E-state index is 14.0. The van der Waals surface area contributed by atoms with E-state index in [9.17, 15) is 50.1 Å². The van der Waals surface area contributed by atoms with Crippen molar-refractivity contribution in [2.45, 2.75) is 76.6 Å². The van der Waals surface area contributed by atoms with Crippen molar-refractivity contribution in [1.29, 1.82) is 0 Å². The van der Waals surface area contributed by atoms with Gasteiger partial charge in [0.05, 0.1) is 5.41 Å². The Morgan fingerprint density at radius 2 is 1.21 bits per heavy atom. The van der Waals surface area contributed by atoms with E-state index in [1.54, 1.807) is 6.92 Å². The van der Waals surface area contributed by atoms with Crippen LogP contribution in [0.3, 0.4) is 0 Å². The second kappa shape index (κ2) is 7.58. The fourth-order valence-corrected chi connectivity index (χ4v) is 2.91. The highest BCUT2D eigenvalue weighted by atomic mass is 19.4. The molecule has 166 valence electrons. The van der Waals surface area contributed by atoms with Crippen LogP contribution in [0.25, 0.3) is 0 Å². The molecule has 0 aromatic carbocycles. The van der Waals surface area contributed by atoms with Gasteiger partial charge in [-0.25, -0.2) is 8.78 Å². The largest absolute Gasteiger partial charge is 0.462 e. The third-order valence-corrected chi connectivity index (χ3v) is 5.25. The molecule has 4 unspecified atom stereocenters. The number of hydrogen-bond donors (Lipinski definition) is 2. The molecule has 28 heavy (non-hydrogen) atoms. The first kappa shape index (κ1) is 24.9. The number of ether oxygens (including phenoxy) is 1. The van der Waals surface area contributed by atoms with Gasteiger partial charge >= 0.3 is 30.0 Å². The van der Waals surface area contributed by atoms with Crippen LogP contribution >= 0.6 is 0 Å². The van der Waals surface area contributed by atoms with Gasteiger partial charge in [-0.1, -0.05) is 6.92 Å². The number of carbonyl (C=O) groups excluding carboxylic acids is 1. The third kappa shape index (κ3) is 4.87. The topological polar surface area (TPSA) is 66.8 Å². The minimum atomic E-state index is -5.89. The molecular weight excluding hydrogens is 408 g/mol. The van der Waals surface area contributed by atoms with Gasteiger partial charge in [-0.3, -0.25) is 4.79 Å². The van der Waals surface area contributed by atoms with Gasteiger partial charge in [0, 0.05) is 11.8 Å². The van der Waals surface area contributed by atoms with Crippen molar-refractivity contribution in [2.24, 2.45) is 17.3 Å². The summed E-state index contributed by atoms with van der Waals surface area (Å²) in [7, 11) is 0. The molecule has 1 fully saturated rings. The standard InChI is InChI=1S/C16H22F8O4/c1-4-12(2,3)11(25)28-10-6-8(13(17,26)15(19,20)21)5-9(7-10)14(18,27)16(22,23)24/h8-10,26-27H,4-7H2,1-3H3. The zero-order valence-corrected chi connectivity index (χ0v) is 15.3. The Hall–Kier alpha value is -1.17. The van der Waals surface area contributed by atoms with Gasteiger partial charge in [0.25, 0.3) is 0 Å². The summed E-state index contributed by atoms with van der Waals surface area (Å²) in [5.74, 6) is -16.1. The van der Waals surface area contributed by atoms with Crippen LogP contribution in [0, 0.1) is 17.3 Å². The van der Waals surface area contributed by atoms with Gasteiger partial charge < -0.3 is 14.9 Å². The summed E-state index contributed by atoms with van der Waals surface area (Å²) < 4.78 is 110. The van der Waals surface area contributed by atoms with E-state index >= 15 is 0 Å². The molecule has 0 aromatic rings. The first-order valence-corrected chi connectivity index (χ1v) is 8.44. The van der Waals surface area contributed by atoms with Gasteiger partial charge in [-0.15, -0.1) is 0 Å². The minimum absolute atomic E-state index is 0.205. The number of halogens is 8. The lowest BCUT2D eigenvalue weighted by molar-refractivity contribution is -0.363. The lowest BCUT2D eigenvalue weighted by Gasteiger charge is -2.43. The van der Waals surface area contributed by atoms with E-state index in [4.69, 9.17) is 4.74 Å². The number of rotatable bonds is 5. The summed E-state index contributed by atoms with van der Waals surface area (Å²) in [5, 5.41) is 18.4. The van der Waals surface area contributed by atoms with E-state index in [0.29, 0.717) is 0 Å². The Bertz CT molecular complexity index is 534. The van der Waals surface area contributed by atoms with Gasteiger partial charge in [-0.05, 0) is 39.5 Å². The van der Waals surface area contributed by atoms with Crippen LogP contribution < -0.4 is 0 Å². The van der Waals surface area contributed by atoms with Crippen molar-refractivity contribution < 1.29 is 54.9 Å².